The Kier molecular flexibility index (Phi) is 6.29. The van der Waals surface area contributed by atoms with E-state index in [2.05, 4.69) is 13.8 Å². The van der Waals surface area contributed by atoms with Crippen LogP contribution in [-0.4, -0.2) is 37.1 Å². The summed E-state index contributed by atoms with van der Waals surface area (Å²) in [4.78, 5) is 0. The van der Waals surface area contributed by atoms with E-state index >= 15 is 0 Å². The lowest BCUT2D eigenvalue weighted by Crippen LogP contribution is -2.34. The number of aliphatic hydroxyl groups is 1. The smallest absolute Gasteiger partial charge is 0.0852 e. The molecule has 0 aromatic rings. The number of aliphatic hydroxyl groups excluding tert-OH is 1. The summed E-state index contributed by atoms with van der Waals surface area (Å²) in [5.74, 6) is 0.425. The van der Waals surface area contributed by atoms with Crippen molar-refractivity contribution in [3.8, 4) is 0 Å². The Morgan fingerprint density at radius 2 is 1.69 bits per heavy atom. The maximum absolute atomic E-state index is 9.03. The van der Waals surface area contributed by atoms with E-state index in [1.54, 1.807) is 14.0 Å². The first kappa shape index (κ1) is 12.9. The van der Waals surface area contributed by atoms with E-state index in [0.717, 1.165) is 0 Å². The number of ether oxygens (including phenoxy) is 2. The van der Waals surface area contributed by atoms with Gasteiger partial charge in [0.05, 0.1) is 24.9 Å². The summed E-state index contributed by atoms with van der Waals surface area (Å²) in [6.45, 7) is 8.24. The summed E-state index contributed by atoms with van der Waals surface area (Å²) in [5, 5.41) is 9.03. The number of hydrogen-bond acceptors (Lipinski definition) is 3. The molecule has 0 fully saturated rings. The summed E-state index contributed by atoms with van der Waals surface area (Å²) < 4.78 is 10.7. The molecule has 1 N–H and O–H groups in total. The Labute approximate surface area is 81.0 Å². The van der Waals surface area contributed by atoms with Crippen molar-refractivity contribution in [1.29, 1.82) is 0 Å². The second kappa shape index (κ2) is 6.35. The maximum Gasteiger partial charge on any atom is 0.0852 e. The fourth-order valence-electron chi connectivity index (χ4n) is 1.39. The average Bonchev–Trinajstić information content (AvgIpc) is 2.01. The van der Waals surface area contributed by atoms with Crippen molar-refractivity contribution in [3.63, 3.8) is 0 Å². The molecule has 0 aromatic carbocycles. The number of rotatable bonds is 6. The molecule has 3 nitrogen and oxygen atoms in total. The summed E-state index contributed by atoms with van der Waals surface area (Å²) in [6.07, 6.45) is -0.287. The maximum atomic E-state index is 9.03. The minimum Gasteiger partial charge on any atom is -0.391 e. The monoisotopic (exact) mass is 190 g/mol. The lowest BCUT2D eigenvalue weighted by molar-refractivity contribution is -0.0839. The van der Waals surface area contributed by atoms with Crippen LogP contribution in [0.4, 0.5) is 0 Å². The van der Waals surface area contributed by atoms with Crippen molar-refractivity contribution < 1.29 is 14.6 Å². The standard InChI is InChI=1S/C10H22O3/c1-7(2)10(12-5)9(4)13-6-8(3)11/h7-11H,6H2,1-5H3. The molecule has 0 spiro atoms. The molecule has 3 atom stereocenters. The molecule has 0 aliphatic heterocycles. The van der Waals surface area contributed by atoms with E-state index in [4.69, 9.17) is 14.6 Å². The van der Waals surface area contributed by atoms with Gasteiger partial charge in [-0.3, -0.25) is 0 Å². The highest BCUT2D eigenvalue weighted by atomic mass is 16.5. The molecule has 0 amide bonds. The van der Waals surface area contributed by atoms with E-state index < -0.39 is 6.10 Å². The largest absolute Gasteiger partial charge is 0.391 e. The van der Waals surface area contributed by atoms with Gasteiger partial charge in [-0.15, -0.1) is 0 Å². The van der Waals surface area contributed by atoms with Crippen molar-refractivity contribution >= 4 is 0 Å². The molecule has 0 saturated heterocycles. The summed E-state index contributed by atoms with van der Waals surface area (Å²) in [5.41, 5.74) is 0. The van der Waals surface area contributed by atoms with Gasteiger partial charge < -0.3 is 14.6 Å². The van der Waals surface area contributed by atoms with Crippen LogP contribution in [0.15, 0.2) is 0 Å². The van der Waals surface area contributed by atoms with E-state index in [-0.39, 0.29) is 12.2 Å². The lowest BCUT2D eigenvalue weighted by atomic mass is 10.0. The van der Waals surface area contributed by atoms with Gasteiger partial charge in [0.1, 0.15) is 0 Å². The first-order valence-corrected chi connectivity index (χ1v) is 4.81. The van der Waals surface area contributed by atoms with Crippen molar-refractivity contribution in [1.82, 2.24) is 0 Å². The van der Waals surface area contributed by atoms with Crippen LogP contribution < -0.4 is 0 Å². The molecule has 0 heterocycles. The van der Waals surface area contributed by atoms with Crippen LogP contribution in [0, 0.1) is 5.92 Å². The Balaban J connectivity index is 3.84. The highest BCUT2D eigenvalue weighted by molar-refractivity contribution is 4.69. The Morgan fingerprint density at radius 1 is 1.15 bits per heavy atom. The lowest BCUT2D eigenvalue weighted by Gasteiger charge is -2.26. The van der Waals surface area contributed by atoms with Crippen molar-refractivity contribution in [3.05, 3.63) is 0 Å². The van der Waals surface area contributed by atoms with Gasteiger partial charge in [0.25, 0.3) is 0 Å². The minimum atomic E-state index is -0.410. The second-order valence-corrected chi connectivity index (χ2v) is 3.83. The zero-order chi connectivity index (χ0) is 10.4. The minimum absolute atomic E-state index is 0.0274. The predicted octanol–water partition coefficient (Wildman–Crippen LogP) is 1.44. The van der Waals surface area contributed by atoms with Gasteiger partial charge in [-0.05, 0) is 19.8 Å². The van der Waals surface area contributed by atoms with Crippen LogP contribution in [0.2, 0.25) is 0 Å². The molecule has 3 unspecified atom stereocenters. The zero-order valence-electron chi connectivity index (χ0n) is 9.28. The molecule has 0 aliphatic rings. The normalized spacial score (nSPS) is 18.7. The third kappa shape index (κ3) is 5.24. The Morgan fingerprint density at radius 3 is 2.00 bits per heavy atom. The second-order valence-electron chi connectivity index (χ2n) is 3.83. The molecule has 3 heteroatoms. The first-order chi connectivity index (χ1) is 5.99. The van der Waals surface area contributed by atoms with Crippen LogP contribution in [0.1, 0.15) is 27.7 Å². The quantitative estimate of drug-likeness (QED) is 0.689. The predicted molar refractivity (Wildman–Crippen MR) is 52.7 cm³/mol. The molecule has 0 aliphatic carbocycles. The van der Waals surface area contributed by atoms with Crippen LogP contribution in [0.3, 0.4) is 0 Å². The third-order valence-corrected chi connectivity index (χ3v) is 1.99. The van der Waals surface area contributed by atoms with Crippen molar-refractivity contribution in [2.24, 2.45) is 5.92 Å². The molecule has 0 rings (SSSR count). The highest BCUT2D eigenvalue weighted by Crippen LogP contribution is 2.12. The molecular formula is C10H22O3. The third-order valence-electron chi connectivity index (χ3n) is 1.99. The molecular weight excluding hydrogens is 168 g/mol. The van der Waals surface area contributed by atoms with E-state index in [0.29, 0.717) is 12.5 Å². The zero-order valence-corrected chi connectivity index (χ0v) is 9.28. The average molecular weight is 190 g/mol. The van der Waals surface area contributed by atoms with Crippen molar-refractivity contribution in [2.75, 3.05) is 13.7 Å². The summed E-state index contributed by atoms with van der Waals surface area (Å²) in [6, 6.07) is 0. The van der Waals surface area contributed by atoms with Crippen LogP contribution in [0.5, 0.6) is 0 Å². The molecule has 0 saturated carbocycles. The Hall–Kier alpha value is -0.120. The van der Waals surface area contributed by atoms with E-state index in [1.165, 1.54) is 0 Å². The van der Waals surface area contributed by atoms with Gasteiger partial charge in [0.2, 0.25) is 0 Å². The first-order valence-electron chi connectivity index (χ1n) is 4.81. The molecule has 0 bridgehead atoms. The summed E-state index contributed by atoms with van der Waals surface area (Å²) in [7, 11) is 1.69. The summed E-state index contributed by atoms with van der Waals surface area (Å²) >= 11 is 0. The van der Waals surface area contributed by atoms with Gasteiger partial charge in [0.15, 0.2) is 0 Å². The Bertz CT molecular complexity index is 123. The van der Waals surface area contributed by atoms with Crippen molar-refractivity contribution in [2.45, 2.75) is 46.0 Å². The van der Waals surface area contributed by atoms with Gasteiger partial charge in [-0.2, -0.15) is 0 Å². The fourth-order valence-corrected chi connectivity index (χ4v) is 1.39. The molecule has 0 radical (unpaired) electrons. The number of methoxy groups -OCH3 is 1. The molecule has 13 heavy (non-hydrogen) atoms. The van der Waals surface area contributed by atoms with Crippen LogP contribution >= 0.6 is 0 Å². The molecule has 0 aromatic heterocycles. The van der Waals surface area contributed by atoms with Crippen LogP contribution in [0.25, 0.3) is 0 Å². The fraction of sp³-hybridized carbons (Fsp3) is 1.00. The van der Waals surface area contributed by atoms with Gasteiger partial charge in [-0.1, -0.05) is 13.8 Å². The SMILES string of the molecule is COC(C(C)C)C(C)OCC(C)O. The van der Waals surface area contributed by atoms with Crippen LogP contribution in [-0.2, 0) is 9.47 Å². The topological polar surface area (TPSA) is 38.7 Å². The highest BCUT2D eigenvalue weighted by Gasteiger charge is 2.21. The van der Waals surface area contributed by atoms with E-state index in [9.17, 15) is 0 Å². The molecule has 80 valence electrons. The van der Waals surface area contributed by atoms with Gasteiger partial charge >= 0.3 is 0 Å². The van der Waals surface area contributed by atoms with E-state index in [1.807, 2.05) is 6.92 Å². The van der Waals surface area contributed by atoms with Gasteiger partial charge in [-0.25, -0.2) is 0 Å². The van der Waals surface area contributed by atoms with Gasteiger partial charge in [0, 0.05) is 7.11 Å². The number of hydrogen-bond donors (Lipinski definition) is 1.